The third-order valence-electron chi connectivity index (χ3n) is 7.76. The first-order valence-corrected chi connectivity index (χ1v) is 13.2. The molecule has 8 rings (SSSR count). The maximum absolute atomic E-state index is 9.97. The molecule has 0 aliphatic rings. The van der Waals surface area contributed by atoms with Gasteiger partial charge in [-0.1, -0.05) is 84.9 Å². The molecular weight excluding hydrogens is 490 g/mol. The highest BCUT2D eigenvalue weighted by atomic mass is 16.3. The van der Waals surface area contributed by atoms with Gasteiger partial charge < -0.3 is 8.83 Å². The van der Waals surface area contributed by atoms with Crippen LogP contribution in [0.1, 0.15) is 5.56 Å². The molecule has 0 amide bonds. The van der Waals surface area contributed by atoms with E-state index in [0.29, 0.717) is 5.56 Å². The topological polar surface area (TPSA) is 50.1 Å². The van der Waals surface area contributed by atoms with Crippen molar-refractivity contribution < 1.29 is 8.83 Å². The van der Waals surface area contributed by atoms with Gasteiger partial charge in [-0.2, -0.15) is 5.26 Å². The second kappa shape index (κ2) is 8.73. The van der Waals surface area contributed by atoms with E-state index in [2.05, 4.69) is 66.7 Å². The zero-order valence-corrected chi connectivity index (χ0v) is 21.4. The highest BCUT2D eigenvalue weighted by molar-refractivity contribution is 6.09. The Kier molecular flexibility index (Phi) is 4.89. The van der Waals surface area contributed by atoms with E-state index in [1.807, 2.05) is 66.7 Å². The van der Waals surface area contributed by atoms with Gasteiger partial charge in [-0.05, 0) is 70.3 Å². The lowest BCUT2D eigenvalue weighted by Gasteiger charge is -2.17. The number of nitrogens with zero attached hydrogens (tertiary/aromatic N) is 1. The molecule has 0 N–H and O–H groups in total. The van der Waals surface area contributed by atoms with Gasteiger partial charge in [0, 0.05) is 27.1 Å². The van der Waals surface area contributed by atoms with E-state index < -0.39 is 0 Å². The van der Waals surface area contributed by atoms with Crippen molar-refractivity contribution in [3.63, 3.8) is 0 Å². The van der Waals surface area contributed by atoms with E-state index in [-0.39, 0.29) is 0 Å². The van der Waals surface area contributed by atoms with Crippen LogP contribution in [-0.2, 0) is 0 Å². The van der Waals surface area contributed by atoms with Crippen molar-refractivity contribution in [3.05, 3.63) is 133 Å². The molecule has 0 bridgehead atoms. The first-order chi connectivity index (χ1) is 19.8. The fourth-order valence-corrected chi connectivity index (χ4v) is 5.92. The average molecular weight is 512 g/mol. The molecule has 0 spiro atoms. The van der Waals surface area contributed by atoms with Crippen LogP contribution in [0, 0.1) is 11.3 Å². The molecule has 2 heterocycles. The molecule has 2 aromatic heterocycles. The molecule has 3 heteroatoms. The average Bonchev–Trinajstić information content (AvgIpc) is 3.58. The number of hydrogen-bond acceptors (Lipinski definition) is 3. The fraction of sp³-hybridized carbons (Fsp3) is 0. The molecule has 6 aromatic carbocycles. The molecule has 0 atom stereocenters. The monoisotopic (exact) mass is 511 g/mol. The molecule has 8 aromatic rings. The van der Waals surface area contributed by atoms with Gasteiger partial charge in [0.1, 0.15) is 22.3 Å². The van der Waals surface area contributed by atoms with Crippen LogP contribution in [0.4, 0.5) is 0 Å². The van der Waals surface area contributed by atoms with Gasteiger partial charge in [-0.15, -0.1) is 0 Å². The zero-order chi connectivity index (χ0) is 26.6. The largest absolute Gasteiger partial charge is 0.456 e. The highest BCUT2D eigenvalue weighted by Gasteiger charge is 2.19. The predicted molar refractivity (Wildman–Crippen MR) is 162 cm³/mol. The van der Waals surface area contributed by atoms with E-state index in [1.165, 1.54) is 0 Å². The Labute approximate surface area is 230 Å². The van der Waals surface area contributed by atoms with Gasteiger partial charge in [-0.25, -0.2) is 0 Å². The Morgan fingerprint density at radius 2 is 1.02 bits per heavy atom. The van der Waals surface area contributed by atoms with E-state index >= 15 is 0 Å². The number of hydrogen-bond donors (Lipinski definition) is 0. The summed E-state index contributed by atoms with van der Waals surface area (Å²) in [5.41, 5.74) is 10.2. The van der Waals surface area contributed by atoms with Crippen LogP contribution < -0.4 is 0 Å². The maximum atomic E-state index is 9.97. The van der Waals surface area contributed by atoms with E-state index in [0.717, 1.165) is 77.3 Å². The summed E-state index contributed by atoms with van der Waals surface area (Å²) in [5, 5.41) is 14.3. The van der Waals surface area contributed by atoms with Crippen molar-refractivity contribution in [2.24, 2.45) is 0 Å². The zero-order valence-electron chi connectivity index (χ0n) is 21.4. The van der Waals surface area contributed by atoms with Crippen LogP contribution in [0.25, 0.3) is 77.3 Å². The third kappa shape index (κ3) is 3.37. The smallest absolute Gasteiger partial charge is 0.136 e. The van der Waals surface area contributed by atoms with E-state index in [1.54, 1.807) is 0 Å². The minimum atomic E-state index is 0.642. The predicted octanol–water partition coefficient (Wildman–Crippen LogP) is 10.4. The molecule has 0 saturated carbocycles. The van der Waals surface area contributed by atoms with Crippen LogP contribution in [-0.4, -0.2) is 0 Å². The van der Waals surface area contributed by atoms with Crippen molar-refractivity contribution in [2.75, 3.05) is 0 Å². The summed E-state index contributed by atoms with van der Waals surface area (Å²) in [4.78, 5) is 0. The molecular formula is C37H21NO2. The molecule has 0 saturated heterocycles. The van der Waals surface area contributed by atoms with E-state index in [9.17, 15) is 5.26 Å². The maximum Gasteiger partial charge on any atom is 0.136 e. The number of fused-ring (bicyclic) bond motifs is 6. The number of benzene rings is 6. The first-order valence-electron chi connectivity index (χ1n) is 13.2. The van der Waals surface area contributed by atoms with Crippen LogP contribution in [0.2, 0.25) is 0 Å². The van der Waals surface area contributed by atoms with Crippen LogP contribution in [0.3, 0.4) is 0 Å². The Hall–Kier alpha value is -5.59. The van der Waals surface area contributed by atoms with Crippen LogP contribution >= 0.6 is 0 Å². The molecule has 0 fully saturated rings. The summed E-state index contributed by atoms with van der Waals surface area (Å²) in [5.74, 6) is 0. The van der Waals surface area contributed by atoms with Crippen LogP contribution in [0.15, 0.2) is 136 Å². The molecule has 40 heavy (non-hydrogen) atoms. The van der Waals surface area contributed by atoms with Gasteiger partial charge in [-0.3, -0.25) is 0 Å². The Balaban J connectivity index is 1.43. The number of furan rings is 2. The van der Waals surface area contributed by atoms with E-state index in [4.69, 9.17) is 8.83 Å². The standard InChI is InChI=1S/C37H21NO2/c38-22-25-8-1-2-9-26(25)31-13-7-12-27(23-16-18-30-28-10-3-5-14-33(28)40-36(30)21-23)37(31)24-17-19-35-32(20-24)29-11-4-6-15-34(29)39-35/h1-21H. The normalized spacial score (nSPS) is 11.5. The molecule has 0 unspecified atom stereocenters. The summed E-state index contributed by atoms with van der Waals surface area (Å²) in [7, 11) is 0. The second-order valence-corrected chi connectivity index (χ2v) is 10.0. The molecule has 3 nitrogen and oxygen atoms in total. The van der Waals surface area contributed by atoms with Crippen molar-refractivity contribution in [1.82, 2.24) is 0 Å². The summed E-state index contributed by atoms with van der Waals surface area (Å²) in [6, 6.07) is 45.5. The van der Waals surface area contributed by atoms with Gasteiger partial charge in [0.25, 0.3) is 0 Å². The fourth-order valence-electron chi connectivity index (χ4n) is 5.92. The lowest BCUT2D eigenvalue weighted by atomic mass is 9.86. The number of rotatable bonds is 3. The third-order valence-corrected chi connectivity index (χ3v) is 7.76. The Morgan fingerprint density at radius 3 is 1.85 bits per heavy atom. The lowest BCUT2D eigenvalue weighted by molar-refractivity contribution is 0.668. The van der Waals surface area contributed by atoms with Gasteiger partial charge in [0.05, 0.1) is 11.6 Å². The van der Waals surface area contributed by atoms with Crippen molar-refractivity contribution in [1.29, 1.82) is 5.26 Å². The number of nitriles is 1. The van der Waals surface area contributed by atoms with Gasteiger partial charge in [0.15, 0.2) is 0 Å². The minimum absolute atomic E-state index is 0.642. The summed E-state index contributed by atoms with van der Waals surface area (Å²) in [6.45, 7) is 0. The number of para-hydroxylation sites is 2. The van der Waals surface area contributed by atoms with Crippen molar-refractivity contribution in [2.45, 2.75) is 0 Å². The Bertz CT molecular complexity index is 2290. The summed E-state index contributed by atoms with van der Waals surface area (Å²) in [6.07, 6.45) is 0. The van der Waals surface area contributed by atoms with Gasteiger partial charge in [0.2, 0.25) is 0 Å². The lowest BCUT2D eigenvalue weighted by Crippen LogP contribution is -1.92. The summed E-state index contributed by atoms with van der Waals surface area (Å²) < 4.78 is 12.4. The van der Waals surface area contributed by atoms with Crippen molar-refractivity contribution >= 4 is 43.9 Å². The molecule has 186 valence electrons. The first kappa shape index (κ1) is 22.4. The molecule has 0 radical (unpaired) electrons. The van der Waals surface area contributed by atoms with Crippen molar-refractivity contribution in [3.8, 4) is 39.4 Å². The Morgan fingerprint density at radius 1 is 0.425 bits per heavy atom. The minimum Gasteiger partial charge on any atom is -0.456 e. The van der Waals surface area contributed by atoms with Gasteiger partial charge >= 0.3 is 0 Å². The highest BCUT2D eigenvalue weighted by Crippen LogP contribution is 2.44. The quantitative estimate of drug-likeness (QED) is 0.237. The SMILES string of the molecule is N#Cc1ccccc1-c1cccc(-c2ccc3c(c2)oc2ccccc23)c1-c1ccc2oc3ccccc3c2c1. The molecule has 0 aliphatic heterocycles. The molecule has 0 aliphatic carbocycles. The summed E-state index contributed by atoms with van der Waals surface area (Å²) >= 11 is 0. The van der Waals surface area contributed by atoms with Crippen LogP contribution in [0.5, 0.6) is 0 Å². The second-order valence-electron chi connectivity index (χ2n) is 10.0.